The van der Waals surface area contributed by atoms with Crippen LogP contribution in [0, 0.1) is 0 Å². The van der Waals surface area contributed by atoms with E-state index < -0.39 is 0 Å². The Morgan fingerprint density at radius 1 is 1.05 bits per heavy atom. The lowest BCUT2D eigenvalue weighted by atomic mass is 10.0. The van der Waals surface area contributed by atoms with Crippen LogP contribution >= 0.6 is 0 Å². The number of rotatable bonds is 10. The first-order valence-electron chi connectivity index (χ1n) is 7.20. The van der Waals surface area contributed by atoms with Gasteiger partial charge in [0.15, 0.2) is 0 Å². The van der Waals surface area contributed by atoms with E-state index in [2.05, 4.69) is 24.4 Å². The van der Waals surface area contributed by atoms with Crippen molar-refractivity contribution in [3.63, 3.8) is 0 Å². The van der Waals surface area contributed by atoms with Gasteiger partial charge in [-0.25, -0.2) is 0 Å². The number of ether oxygens (including phenoxy) is 3. The first-order chi connectivity index (χ1) is 9.74. The lowest BCUT2D eigenvalue weighted by Gasteiger charge is -2.20. The van der Waals surface area contributed by atoms with Gasteiger partial charge >= 0.3 is 0 Å². The summed E-state index contributed by atoms with van der Waals surface area (Å²) in [4.78, 5) is 0. The van der Waals surface area contributed by atoms with Gasteiger partial charge in [-0.2, -0.15) is 0 Å². The van der Waals surface area contributed by atoms with Crippen LogP contribution < -0.4 is 14.8 Å². The molecular formula is C16H27NO3. The average molecular weight is 281 g/mol. The normalized spacial score (nSPS) is 12.2. The van der Waals surface area contributed by atoms with Crippen molar-refractivity contribution in [3.8, 4) is 11.5 Å². The molecule has 0 heterocycles. The van der Waals surface area contributed by atoms with Crippen LogP contribution in [0.15, 0.2) is 18.2 Å². The number of methoxy groups -OCH3 is 3. The quantitative estimate of drug-likeness (QED) is 0.669. The summed E-state index contributed by atoms with van der Waals surface area (Å²) in [7, 11) is 5.10. The summed E-state index contributed by atoms with van der Waals surface area (Å²) >= 11 is 0. The molecule has 1 atom stereocenters. The second-order valence-corrected chi connectivity index (χ2v) is 4.79. The lowest BCUT2D eigenvalue weighted by molar-refractivity contribution is 0.188. The smallest absolute Gasteiger partial charge is 0.122 e. The Morgan fingerprint density at radius 3 is 2.20 bits per heavy atom. The van der Waals surface area contributed by atoms with Crippen molar-refractivity contribution in [2.75, 3.05) is 34.5 Å². The van der Waals surface area contributed by atoms with Crippen LogP contribution in [-0.4, -0.2) is 34.5 Å². The highest BCUT2D eigenvalue weighted by atomic mass is 16.5. The summed E-state index contributed by atoms with van der Waals surface area (Å²) in [6.07, 6.45) is 3.17. The zero-order valence-corrected chi connectivity index (χ0v) is 13.1. The van der Waals surface area contributed by atoms with E-state index in [1.165, 1.54) is 5.56 Å². The minimum absolute atomic E-state index is 0.300. The molecule has 1 aromatic rings. The molecule has 0 spiro atoms. The molecule has 0 bridgehead atoms. The van der Waals surface area contributed by atoms with Crippen LogP contribution in [0.1, 0.15) is 37.8 Å². The van der Waals surface area contributed by atoms with Crippen molar-refractivity contribution in [1.29, 1.82) is 0 Å². The van der Waals surface area contributed by atoms with Crippen molar-refractivity contribution in [1.82, 2.24) is 5.32 Å². The SMILES string of the molecule is CCCNC(CCCOC)c1cc(OC)cc(OC)c1. The molecule has 114 valence electrons. The van der Waals surface area contributed by atoms with E-state index in [9.17, 15) is 0 Å². The largest absolute Gasteiger partial charge is 0.497 e. The summed E-state index contributed by atoms with van der Waals surface area (Å²) in [5.74, 6) is 1.66. The van der Waals surface area contributed by atoms with Crippen molar-refractivity contribution in [2.24, 2.45) is 0 Å². The van der Waals surface area contributed by atoms with Crippen molar-refractivity contribution in [2.45, 2.75) is 32.2 Å². The van der Waals surface area contributed by atoms with Gasteiger partial charge in [-0.3, -0.25) is 0 Å². The maximum atomic E-state index is 5.35. The molecule has 0 radical (unpaired) electrons. The first-order valence-corrected chi connectivity index (χ1v) is 7.20. The number of hydrogen-bond donors (Lipinski definition) is 1. The van der Waals surface area contributed by atoms with E-state index in [0.717, 1.165) is 43.9 Å². The highest BCUT2D eigenvalue weighted by Gasteiger charge is 2.13. The zero-order chi connectivity index (χ0) is 14.8. The predicted molar refractivity (Wildman–Crippen MR) is 81.7 cm³/mol. The van der Waals surface area contributed by atoms with Crippen LogP contribution in [0.3, 0.4) is 0 Å². The Hall–Kier alpha value is -1.26. The average Bonchev–Trinajstić information content (AvgIpc) is 2.50. The molecule has 0 saturated carbocycles. The van der Waals surface area contributed by atoms with E-state index in [1.807, 2.05) is 6.07 Å². The molecule has 1 N–H and O–H groups in total. The van der Waals surface area contributed by atoms with Crippen LogP contribution in [0.4, 0.5) is 0 Å². The fourth-order valence-electron chi connectivity index (χ4n) is 2.17. The van der Waals surface area contributed by atoms with Crippen LogP contribution in [-0.2, 0) is 4.74 Å². The summed E-state index contributed by atoms with van der Waals surface area (Å²) < 4.78 is 15.8. The van der Waals surface area contributed by atoms with Crippen molar-refractivity contribution >= 4 is 0 Å². The van der Waals surface area contributed by atoms with Crippen LogP contribution in [0.2, 0.25) is 0 Å². The Labute approximate surface area is 122 Å². The van der Waals surface area contributed by atoms with E-state index >= 15 is 0 Å². The Morgan fingerprint density at radius 2 is 1.70 bits per heavy atom. The zero-order valence-electron chi connectivity index (χ0n) is 13.1. The highest BCUT2D eigenvalue weighted by Crippen LogP contribution is 2.28. The van der Waals surface area contributed by atoms with Gasteiger partial charge in [-0.05, 0) is 43.5 Å². The molecule has 0 aliphatic carbocycles. The minimum Gasteiger partial charge on any atom is -0.497 e. The molecule has 20 heavy (non-hydrogen) atoms. The number of hydrogen-bond acceptors (Lipinski definition) is 4. The van der Waals surface area contributed by atoms with Gasteiger partial charge in [0, 0.05) is 25.8 Å². The van der Waals surface area contributed by atoms with E-state index in [1.54, 1.807) is 21.3 Å². The molecule has 1 aromatic carbocycles. The van der Waals surface area contributed by atoms with Gasteiger partial charge in [-0.15, -0.1) is 0 Å². The van der Waals surface area contributed by atoms with E-state index in [4.69, 9.17) is 14.2 Å². The maximum Gasteiger partial charge on any atom is 0.122 e. The van der Waals surface area contributed by atoms with Crippen LogP contribution in [0.25, 0.3) is 0 Å². The third kappa shape index (κ3) is 5.39. The molecule has 1 rings (SSSR count). The van der Waals surface area contributed by atoms with Crippen molar-refractivity contribution < 1.29 is 14.2 Å². The van der Waals surface area contributed by atoms with E-state index in [0.29, 0.717) is 6.04 Å². The number of nitrogens with one attached hydrogen (secondary N) is 1. The fourth-order valence-corrected chi connectivity index (χ4v) is 2.17. The number of benzene rings is 1. The van der Waals surface area contributed by atoms with Gasteiger partial charge in [-0.1, -0.05) is 6.92 Å². The van der Waals surface area contributed by atoms with Gasteiger partial charge in [0.2, 0.25) is 0 Å². The second kappa shape index (κ2) is 9.61. The van der Waals surface area contributed by atoms with E-state index in [-0.39, 0.29) is 0 Å². The molecular weight excluding hydrogens is 254 g/mol. The molecule has 0 fully saturated rings. The van der Waals surface area contributed by atoms with Gasteiger partial charge in [0.25, 0.3) is 0 Å². The summed E-state index contributed by atoms with van der Waals surface area (Å²) in [5.41, 5.74) is 1.20. The van der Waals surface area contributed by atoms with Crippen LogP contribution in [0.5, 0.6) is 11.5 Å². The van der Waals surface area contributed by atoms with Crippen molar-refractivity contribution in [3.05, 3.63) is 23.8 Å². The lowest BCUT2D eigenvalue weighted by Crippen LogP contribution is -2.22. The molecule has 0 amide bonds. The third-order valence-corrected chi connectivity index (χ3v) is 3.26. The molecule has 1 unspecified atom stereocenters. The molecule has 0 aliphatic heterocycles. The molecule has 0 aliphatic rings. The standard InChI is InChI=1S/C16H27NO3/c1-5-8-17-16(7-6-9-18-2)13-10-14(19-3)12-15(11-13)20-4/h10-12,16-17H,5-9H2,1-4H3. The fraction of sp³-hybridized carbons (Fsp3) is 0.625. The topological polar surface area (TPSA) is 39.7 Å². The second-order valence-electron chi connectivity index (χ2n) is 4.79. The Bertz CT molecular complexity index is 360. The molecule has 4 heteroatoms. The summed E-state index contributed by atoms with van der Waals surface area (Å²) in [6.45, 7) is 3.95. The summed E-state index contributed by atoms with van der Waals surface area (Å²) in [5, 5.41) is 3.58. The molecule has 0 saturated heterocycles. The Balaban J connectivity index is 2.86. The third-order valence-electron chi connectivity index (χ3n) is 3.26. The maximum absolute atomic E-state index is 5.35. The minimum atomic E-state index is 0.300. The Kier molecular flexibility index (Phi) is 8.07. The van der Waals surface area contributed by atoms with Gasteiger partial charge < -0.3 is 19.5 Å². The van der Waals surface area contributed by atoms with Gasteiger partial charge in [0.05, 0.1) is 14.2 Å². The first kappa shape index (κ1) is 16.8. The predicted octanol–water partition coefficient (Wildman–Crippen LogP) is 3.17. The molecule has 0 aromatic heterocycles. The molecule has 4 nitrogen and oxygen atoms in total. The van der Waals surface area contributed by atoms with Gasteiger partial charge in [0.1, 0.15) is 11.5 Å². The summed E-state index contributed by atoms with van der Waals surface area (Å²) in [6, 6.07) is 6.34. The highest BCUT2D eigenvalue weighted by molar-refractivity contribution is 5.39. The monoisotopic (exact) mass is 281 g/mol.